The van der Waals surface area contributed by atoms with E-state index in [9.17, 15) is 19.8 Å². The number of rotatable bonds is 3. The Hall–Kier alpha value is -3.54. The fourth-order valence-electron chi connectivity index (χ4n) is 3.30. The van der Waals surface area contributed by atoms with E-state index in [-0.39, 0.29) is 23.3 Å². The maximum absolute atomic E-state index is 12.0. The van der Waals surface area contributed by atoms with Crippen molar-refractivity contribution in [1.29, 1.82) is 0 Å². The molecule has 2 N–H and O–H groups in total. The van der Waals surface area contributed by atoms with Crippen LogP contribution in [0.15, 0.2) is 50.0 Å². The maximum Gasteiger partial charge on any atom is 0.339 e. The lowest BCUT2D eigenvalue weighted by molar-refractivity contribution is -0.136. The molecule has 0 aliphatic heterocycles. The summed E-state index contributed by atoms with van der Waals surface area (Å²) in [6.07, 6.45) is -0.267. The Morgan fingerprint density at radius 1 is 1.00 bits per heavy atom. The fourth-order valence-corrected chi connectivity index (χ4v) is 3.30. The van der Waals surface area contributed by atoms with E-state index in [1.807, 2.05) is 18.2 Å². The smallest absolute Gasteiger partial charge is 0.339 e. The third-order valence-electron chi connectivity index (χ3n) is 4.84. The summed E-state index contributed by atoms with van der Waals surface area (Å²) in [5.74, 6) is -0.950. The number of phenols is 1. The van der Waals surface area contributed by atoms with Crippen molar-refractivity contribution < 1.29 is 23.8 Å². The number of phenolic OH excluding ortho intramolecular Hbond substituents is 1. The van der Waals surface area contributed by atoms with Crippen molar-refractivity contribution in [1.82, 2.24) is 0 Å². The lowest BCUT2D eigenvalue weighted by Crippen LogP contribution is -2.05. The van der Waals surface area contributed by atoms with E-state index in [2.05, 4.69) is 0 Å². The number of fused-ring (bicyclic) bond motifs is 2. The van der Waals surface area contributed by atoms with Gasteiger partial charge in [0.25, 0.3) is 0 Å². The van der Waals surface area contributed by atoms with Crippen molar-refractivity contribution in [3.05, 3.63) is 63.5 Å². The second-order valence-corrected chi connectivity index (χ2v) is 6.46. The van der Waals surface area contributed by atoms with E-state index in [1.165, 1.54) is 0 Å². The topological polar surface area (TPSA) is 101 Å². The van der Waals surface area contributed by atoms with Gasteiger partial charge in [0.2, 0.25) is 5.75 Å². The monoisotopic (exact) mass is 364 g/mol. The molecule has 0 radical (unpaired) electrons. The third kappa shape index (κ3) is 2.57. The van der Waals surface area contributed by atoms with Crippen LogP contribution in [0.1, 0.15) is 16.7 Å². The number of aromatic hydroxyl groups is 1. The van der Waals surface area contributed by atoms with Crippen LogP contribution in [-0.4, -0.2) is 16.2 Å². The molecule has 0 saturated heterocycles. The molecule has 0 saturated carbocycles. The van der Waals surface area contributed by atoms with Gasteiger partial charge in [-0.1, -0.05) is 30.3 Å². The molecule has 2 aromatic heterocycles. The van der Waals surface area contributed by atoms with Gasteiger partial charge in [0.1, 0.15) is 5.76 Å². The summed E-state index contributed by atoms with van der Waals surface area (Å²) >= 11 is 0. The average Bonchev–Trinajstić information content (AvgIpc) is 3.00. The van der Waals surface area contributed by atoms with Crippen LogP contribution in [0.3, 0.4) is 0 Å². The molecule has 4 aromatic rings. The number of benzene rings is 2. The quantitative estimate of drug-likeness (QED) is 0.530. The Morgan fingerprint density at radius 2 is 1.67 bits per heavy atom. The predicted octanol–water partition coefficient (Wildman–Crippen LogP) is 4.16. The molecule has 4 rings (SSSR count). The SMILES string of the molecule is Cc1c(C)c2cc3c(CC(=O)O)c(-c4ccccc4)oc3c(O)c2oc1=O. The first-order chi connectivity index (χ1) is 12.9. The molecule has 0 atom stereocenters. The minimum Gasteiger partial charge on any atom is -0.502 e. The van der Waals surface area contributed by atoms with E-state index >= 15 is 0 Å². The number of carbonyl (C=O) groups is 1. The molecule has 0 amide bonds. The van der Waals surface area contributed by atoms with Gasteiger partial charge in [-0.05, 0) is 25.5 Å². The van der Waals surface area contributed by atoms with Crippen molar-refractivity contribution in [2.45, 2.75) is 20.3 Å². The molecule has 27 heavy (non-hydrogen) atoms. The zero-order valence-electron chi connectivity index (χ0n) is 14.7. The summed E-state index contributed by atoms with van der Waals surface area (Å²) in [4.78, 5) is 23.4. The van der Waals surface area contributed by atoms with Crippen LogP contribution < -0.4 is 5.63 Å². The lowest BCUT2D eigenvalue weighted by atomic mass is 9.99. The van der Waals surface area contributed by atoms with E-state index in [0.29, 0.717) is 38.8 Å². The van der Waals surface area contributed by atoms with Gasteiger partial charge in [0, 0.05) is 27.5 Å². The normalized spacial score (nSPS) is 11.3. The predicted molar refractivity (Wildman–Crippen MR) is 100 cm³/mol. The van der Waals surface area contributed by atoms with Crippen LogP contribution in [0.25, 0.3) is 33.3 Å². The molecule has 136 valence electrons. The zero-order chi connectivity index (χ0) is 19.3. The Kier molecular flexibility index (Phi) is 3.77. The molecule has 0 unspecified atom stereocenters. The van der Waals surface area contributed by atoms with Crippen LogP contribution >= 0.6 is 0 Å². The second-order valence-electron chi connectivity index (χ2n) is 6.46. The number of furan rings is 1. The van der Waals surface area contributed by atoms with Crippen molar-refractivity contribution >= 4 is 27.9 Å². The van der Waals surface area contributed by atoms with Gasteiger partial charge in [-0.2, -0.15) is 0 Å². The van der Waals surface area contributed by atoms with Crippen molar-refractivity contribution in [3.63, 3.8) is 0 Å². The molecular formula is C21H16O6. The summed E-state index contributed by atoms with van der Waals surface area (Å²) in [5, 5.41) is 21.1. The molecule has 2 aromatic carbocycles. The molecule has 6 heteroatoms. The summed E-state index contributed by atoms with van der Waals surface area (Å²) < 4.78 is 11.1. The lowest BCUT2D eigenvalue weighted by Gasteiger charge is -2.06. The van der Waals surface area contributed by atoms with Crippen LogP contribution in [0, 0.1) is 13.8 Å². The van der Waals surface area contributed by atoms with Crippen molar-refractivity contribution in [3.8, 4) is 17.1 Å². The van der Waals surface area contributed by atoms with Gasteiger partial charge in [0.05, 0.1) is 6.42 Å². The Labute approximate surface area is 153 Å². The molecule has 0 fully saturated rings. The minimum absolute atomic E-state index is 0.0332. The largest absolute Gasteiger partial charge is 0.502 e. The average molecular weight is 364 g/mol. The van der Waals surface area contributed by atoms with Gasteiger partial charge in [-0.25, -0.2) is 4.79 Å². The van der Waals surface area contributed by atoms with Gasteiger partial charge < -0.3 is 19.0 Å². The highest BCUT2D eigenvalue weighted by atomic mass is 16.4. The van der Waals surface area contributed by atoms with Crippen LogP contribution in [0.4, 0.5) is 0 Å². The van der Waals surface area contributed by atoms with Crippen molar-refractivity contribution in [2.75, 3.05) is 0 Å². The van der Waals surface area contributed by atoms with Crippen molar-refractivity contribution in [2.24, 2.45) is 0 Å². The number of hydrogen-bond donors (Lipinski definition) is 2. The number of aliphatic carboxylic acids is 1. The number of carboxylic acid groups (broad SMARTS) is 1. The second kappa shape index (κ2) is 6.02. The highest BCUT2D eigenvalue weighted by molar-refractivity contribution is 6.05. The highest BCUT2D eigenvalue weighted by Crippen LogP contribution is 2.42. The molecular weight excluding hydrogens is 348 g/mol. The van der Waals surface area contributed by atoms with Gasteiger partial charge in [0.15, 0.2) is 11.2 Å². The number of carboxylic acids is 1. The fraction of sp³-hybridized carbons (Fsp3) is 0.143. The number of aryl methyl sites for hydroxylation is 1. The maximum atomic E-state index is 12.0. The minimum atomic E-state index is -1.01. The first-order valence-electron chi connectivity index (χ1n) is 8.37. The van der Waals surface area contributed by atoms with E-state index in [4.69, 9.17) is 8.83 Å². The summed E-state index contributed by atoms with van der Waals surface area (Å²) in [6, 6.07) is 10.8. The molecule has 2 heterocycles. The zero-order valence-corrected chi connectivity index (χ0v) is 14.7. The summed E-state index contributed by atoms with van der Waals surface area (Å²) in [6.45, 7) is 3.40. The number of hydrogen-bond acceptors (Lipinski definition) is 5. The molecule has 0 spiro atoms. The van der Waals surface area contributed by atoms with Crippen LogP contribution in [-0.2, 0) is 11.2 Å². The van der Waals surface area contributed by atoms with Gasteiger partial charge in [-0.15, -0.1) is 0 Å². The summed E-state index contributed by atoms with van der Waals surface area (Å²) in [5.41, 5.74) is 1.87. The highest BCUT2D eigenvalue weighted by Gasteiger charge is 2.24. The third-order valence-corrected chi connectivity index (χ3v) is 4.84. The molecule has 6 nitrogen and oxygen atoms in total. The van der Waals surface area contributed by atoms with E-state index in [0.717, 1.165) is 0 Å². The van der Waals surface area contributed by atoms with Crippen LogP contribution in [0.2, 0.25) is 0 Å². The first kappa shape index (κ1) is 16.9. The summed E-state index contributed by atoms with van der Waals surface area (Å²) in [7, 11) is 0. The Bertz CT molecular complexity index is 1260. The molecule has 0 aliphatic carbocycles. The van der Waals surface area contributed by atoms with E-state index < -0.39 is 11.6 Å². The Balaban J connectivity index is 2.16. The van der Waals surface area contributed by atoms with Gasteiger partial charge in [-0.3, -0.25) is 4.79 Å². The molecule has 0 aliphatic rings. The standard InChI is InChI=1S/C21H16O6/c1-10-11(2)21(25)27-19-13(10)8-14-15(9-16(22)23)18(26-20(14)17(19)24)12-6-4-3-5-7-12/h3-8,24H,9H2,1-2H3,(H,22,23). The molecule has 0 bridgehead atoms. The van der Waals surface area contributed by atoms with Gasteiger partial charge >= 0.3 is 11.6 Å². The Morgan fingerprint density at radius 3 is 2.33 bits per heavy atom. The first-order valence-corrected chi connectivity index (χ1v) is 8.37. The van der Waals surface area contributed by atoms with Crippen LogP contribution in [0.5, 0.6) is 5.75 Å². The van der Waals surface area contributed by atoms with E-state index in [1.54, 1.807) is 32.0 Å².